The fourth-order valence-corrected chi connectivity index (χ4v) is 3.01. The van der Waals surface area contributed by atoms with Gasteiger partial charge in [-0.05, 0) is 36.2 Å². The van der Waals surface area contributed by atoms with Gasteiger partial charge in [0.15, 0.2) is 11.5 Å². The molecule has 0 atom stereocenters. The maximum atomic E-state index is 11.9. The molecule has 0 spiro atoms. The van der Waals surface area contributed by atoms with Crippen molar-refractivity contribution in [3.05, 3.63) is 58.6 Å². The predicted octanol–water partition coefficient (Wildman–Crippen LogP) is 2.59. The van der Waals surface area contributed by atoms with Crippen LogP contribution in [0.4, 0.5) is 0 Å². The third-order valence-corrected chi connectivity index (χ3v) is 4.35. The fraction of sp³-hybridized carbons (Fsp3) is 0.300. The van der Waals surface area contributed by atoms with Crippen molar-refractivity contribution in [3.8, 4) is 11.5 Å². The van der Waals surface area contributed by atoms with Gasteiger partial charge in [-0.2, -0.15) is 0 Å². The minimum absolute atomic E-state index is 0.119. The molecule has 2 aromatic carbocycles. The van der Waals surface area contributed by atoms with Crippen LogP contribution in [0.15, 0.2) is 42.5 Å². The number of halogens is 1. The third-order valence-electron chi connectivity index (χ3n) is 4.07. The highest BCUT2D eigenvalue weighted by Crippen LogP contribution is 2.38. The Kier molecular flexibility index (Phi) is 6.54. The van der Waals surface area contributed by atoms with Crippen molar-refractivity contribution in [1.29, 1.82) is 0 Å². The highest BCUT2D eigenvalue weighted by Gasteiger charge is 2.16. The summed E-state index contributed by atoms with van der Waals surface area (Å²) in [6.45, 7) is 1.75. The first-order valence-electron chi connectivity index (χ1n) is 8.81. The first-order valence-corrected chi connectivity index (χ1v) is 9.19. The molecule has 1 aliphatic rings. The molecule has 1 heterocycles. The van der Waals surface area contributed by atoms with Gasteiger partial charge in [-0.25, -0.2) is 0 Å². The summed E-state index contributed by atoms with van der Waals surface area (Å²) in [6.07, 6.45) is 0.846. The highest BCUT2D eigenvalue weighted by molar-refractivity contribution is 6.32. The number of carbonyl (C=O) groups excluding carboxylic acids is 2. The summed E-state index contributed by atoms with van der Waals surface area (Å²) >= 11 is 6.20. The maximum absolute atomic E-state index is 11.9. The Labute approximate surface area is 162 Å². The van der Waals surface area contributed by atoms with Crippen molar-refractivity contribution >= 4 is 23.4 Å². The molecule has 27 heavy (non-hydrogen) atoms. The topological polar surface area (TPSA) is 76.7 Å². The lowest BCUT2D eigenvalue weighted by molar-refractivity contribution is -0.120. The summed E-state index contributed by atoms with van der Waals surface area (Å²) in [5.74, 6) is 0.907. The SMILES string of the molecule is O=C(CCNC(=O)c1ccccc1)NCCc1cc(Cl)c2c(c1)OCCO2. The Balaban J connectivity index is 1.38. The average molecular weight is 389 g/mol. The van der Waals surface area contributed by atoms with Crippen LogP contribution in [0, 0.1) is 0 Å². The summed E-state index contributed by atoms with van der Waals surface area (Å²) in [5, 5.41) is 6.08. The number of hydrogen-bond donors (Lipinski definition) is 2. The lowest BCUT2D eigenvalue weighted by Gasteiger charge is -2.20. The van der Waals surface area contributed by atoms with Crippen LogP contribution in [0.5, 0.6) is 11.5 Å². The molecule has 0 aromatic heterocycles. The van der Waals surface area contributed by atoms with E-state index in [9.17, 15) is 9.59 Å². The highest BCUT2D eigenvalue weighted by atomic mass is 35.5. The van der Waals surface area contributed by atoms with E-state index in [4.69, 9.17) is 21.1 Å². The van der Waals surface area contributed by atoms with Crippen molar-refractivity contribution in [3.63, 3.8) is 0 Å². The second-order valence-corrected chi connectivity index (χ2v) is 6.48. The number of rotatable bonds is 7. The first kappa shape index (κ1) is 19.0. The van der Waals surface area contributed by atoms with Gasteiger partial charge in [-0.3, -0.25) is 9.59 Å². The minimum atomic E-state index is -0.186. The molecule has 2 aromatic rings. The van der Waals surface area contributed by atoms with Gasteiger partial charge < -0.3 is 20.1 Å². The summed E-state index contributed by atoms with van der Waals surface area (Å²) in [6, 6.07) is 12.6. The molecule has 3 rings (SSSR count). The molecule has 0 aliphatic carbocycles. The molecule has 6 nitrogen and oxygen atoms in total. The summed E-state index contributed by atoms with van der Waals surface area (Å²) in [4.78, 5) is 23.8. The van der Waals surface area contributed by atoms with Gasteiger partial charge in [0, 0.05) is 25.1 Å². The quantitative estimate of drug-likeness (QED) is 0.764. The molecule has 7 heteroatoms. The zero-order valence-corrected chi connectivity index (χ0v) is 15.6. The van der Waals surface area contributed by atoms with E-state index in [1.807, 2.05) is 18.2 Å². The minimum Gasteiger partial charge on any atom is -0.486 e. The molecule has 0 fully saturated rings. The van der Waals surface area contributed by atoms with Crippen LogP contribution in [0.3, 0.4) is 0 Å². The number of nitrogens with one attached hydrogen (secondary N) is 2. The largest absolute Gasteiger partial charge is 0.486 e. The Morgan fingerprint density at radius 1 is 1.00 bits per heavy atom. The van der Waals surface area contributed by atoms with Gasteiger partial charge in [0.25, 0.3) is 5.91 Å². The maximum Gasteiger partial charge on any atom is 0.251 e. The Morgan fingerprint density at radius 3 is 2.59 bits per heavy atom. The van der Waals surface area contributed by atoms with Crippen LogP contribution in [0.1, 0.15) is 22.3 Å². The molecule has 0 bridgehead atoms. The van der Waals surface area contributed by atoms with Crippen molar-refractivity contribution in [2.75, 3.05) is 26.3 Å². The van der Waals surface area contributed by atoms with E-state index in [0.29, 0.717) is 48.3 Å². The monoisotopic (exact) mass is 388 g/mol. The molecular formula is C20H21ClN2O4. The third kappa shape index (κ3) is 5.37. The molecule has 0 radical (unpaired) electrons. The number of hydrogen-bond acceptors (Lipinski definition) is 4. The van der Waals surface area contributed by atoms with E-state index < -0.39 is 0 Å². The Hall–Kier alpha value is -2.73. The Bertz CT molecular complexity index is 811. The zero-order valence-electron chi connectivity index (χ0n) is 14.8. The van der Waals surface area contributed by atoms with Crippen LogP contribution >= 0.6 is 11.6 Å². The lowest BCUT2D eigenvalue weighted by Crippen LogP contribution is -2.31. The van der Waals surface area contributed by atoms with Crippen molar-refractivity contribution < 1.29 is 19.1 Å². The number of ether oxygens (including phenoxy) is 2. The van der Waals surface area contributed by atoms with Crippen molar-refractivity contribution in [1.82, 2.24) is 10.6 Å². The van der Waals surface area contributed by atoms with Crippen LogP contribution in [0.2, 0.25) is 5.02 Å². The molecule has 2 amide bonds. The second-order valence-electron chi connectivity index (χ2n) is 6.07. The normalized spacial score (nSPS) is 12.3. The lowest BCUT2D eigenvalue weighted by atomic mass is 10.1. The summed E-state index contributed by atoms with van der Waals surface area (Å²) < 4.78 is 11.0. The van der Waals surface area contributed by atoms with Crippen LogP contribution < -0.4 is 20.1 Å². The number of amides is 2. The number of carbonyl (C=O) groups is 2. The summed E-state index contributed by atoms with van der Waals surface area (Å²) in [7, 11) is 0. The molecule has 1 aliphatic heterocycles. The average Bonchev–Trinajstić information content (AvgIpc) is 2.68. The molecule has 2 N–H and O–H groups in total. The van der Waals surface area contributed by atoms with Gasteiger partial charge in [0.1, 0.15) is 13.2 Å². The van der Waals surface area contributed by atoms with E-state index >= 15 is 0 Å². The van der Waals surface area contributed by atoms with E-state index in [2.05, 4.69) is 10.6 Å². The smallest absolute Gasteiger partial charge is 0.251 e. The van der Waals surface area contributed by atoms with Gasteiger partial charge >= 0.3 is 0 Å². The van der Waals surface area contributed by atoms with E-state index in [1.54, 1.807) is 24.3 Å². The number of benzene rings is 2. The van der Waals surface area contributed by atoms with Crippen LogP contribution in [-0.4, -0.2) is 38.1 Å². The van der Waals surface area contributed by atoms with Gasteiger partial charge in [0.2, 0.25) is 5.91 Å². The van der Waals surface area contributed by atoms with E-state index in [1.165, 1.54) is 0 Å². The second kappa shape index (κ2) is 9.28. The standard InChI is InChI=1S/C20H21ClN2O4/c21-16-12-14(13-17-19(16)27-11-10-26-17)6-8-22-18(24)7-9-23-20(25)15-4-2-1-3-5-15/h1-5,12-13H,6-11H2,(H,22,24)(H,23,25). The molecule has 142 valence electrons. The summed E-state index contributed by atoms with van der Waals surface area (Å²) in [5.41, 5.74) is 1.54. The van der Waals surface area contributed by atoms with Crippen LogP contribution in [0.25, 0.3) is 0 Å². The predicted molar refractivity (Wildman–Crippen MR) is 103 cm³/mol. The van der Waals surface area contributed by atoms with Gasteiger partial charge in [0.05, 0.1) is 5.02 Å². The zero-order chi connectivity index (χ0) is 19.1. The molecule has 0 saturated heterocycles. The van der Waals surface area contributed by atoms with E-state index in [0.717, 1.165) is 5.56 Å². The molecular weight excluding hydrogens is 368 g/mol. The molecule has 0 saturated carbocycles. The number of fused-ring (bicyclic) bond motifs is 1. The van der Waals surface area contributed by atoms with Gasteiger partial charge in [-0.15, -0.1) is 0 Å². The van der Waals surface area contributed by atoms with Crippen LogP contribution in [-0.2, 0) is 11.2 Å². The first-order chi connectivity index (χ1) is 13.1. The Morgan fingerprint density at radius 2 is 1.78 bits per heavy atom. The van der Waals surface area contributed by atoms with Gasteiger partial charge in [-0.1, -0.05) is 29.8 Å². The van der Waals surface area contributed by atoms with Crippen molar-refractivity contribution in [2.45, 2.75) is 12.8 Å². The van der Waals surface area contributed by atoms with Crippen molar-refractivity contribution in [2.24, 2.45) is 0 Å². The molecule has 0 unspecified atom stereocenters. The van der Waals surface area contributed by atoms with E-state index in [-0.39, 0.29) is 24.8 Å². The fourth-order valence-electron chi connectivity index (χ4n) is 2.72.